The van der Waals surface area contributed by atoms with Crippen molar-refractivity contribution in [2.24, 2.45) is 0 Å². The van der Waals surface area contributed by atoms with Gasteiger partial charge >= 0.3 is 0 Å². The van der Waals surface area contributed by atoms with Crippen molar-refractivity contribution >= 4 is 81.6 Å². The molecule has 0 aromatic heterocycles. The van der Waals surface area contributed by atoms with Crippen LogP contribution >= 0.6 is 0 Å². The SMILES string of the molecule is CC1(N(c2ccc(-c3cc4ccccc4c4ccccc34)cc2)c2ccc3ccc4ccccc4c3c2)C=CC(c2cc3ccccc3c3ccccc23)=CC1. The van der Waals surface area contributed by atoms with Crippen molar-refractivity contribution in [3.05, 3.63) is 212 Å². The molecule has 0 fully saturated rings. The molecule has 0 spiro atoms. The Hall–Kier alpha value is -6.96. The van der Waals surface area contributed by atoms with Gasteiger partial charge in [0.2, 0.25) is 0 Å². The van der Waals surface area contributed by atoms with Gasteiger partial charge < -0.3 is 4.90 Å². The summed E-state index contributed by atoms with van der Waals surface area (Å²) in [4.78, 5) is 2.55. The summed E-state index contributed by atoms with van der Waals surface area (Å²) in [5.41, 5.74) is 7.05. The summed E-state index contributed by atoms with van der Waals surface area (Å²) in [5.74, 6) is 0. The Morgan fingerprint density at radius 1 is 0.393 bits per heavy atom. The highest BCUT2D eigenvalue weighted by Gasteiger charge is 2.33. The van der Waals surface area contributed by atoms with E-state index in [2.05, 4.69) is 218 Å². The van der Waals surface area contributed by atoms with Crippen molar-refractivity contribution in [1.82, 2.24) is 0 Å². The fourth-order valence-electron chi connectivity index (χ4n) is 9.33. The first-order valence-corrected chi connectivity index (χ1v) is 19.6. The molecule has 1 atom stereocenters. The molecule has 1 unspecified atom stereocenters. The highest BCUT2D eigenvalue weighted by atomic mass is 15.2. The molecule has 0 saturated carbocycles. The summed E-state index contributed by atoms with van der Waals surface area (Å²) in [5, 5.41) is 15.3. The van der Waals surface area contributed by atoms with Crippen molar-refractivity contribution in [3.63, 3.8) is 0 Å². The second-order valence-corrected chi connectivity index (χ2v) is 15.5. The Balaban J connectivity index is 1.05. The molecule has 0 N–H and O–H groups in total. The third-order valence-corrected chi connectivity index (χ3v) is 12.1. The molecule has 0 amide bonds. The van der Waals surface area contributed by atoms with E-state index in [0.717, 1.165) is 6.42 Å². The number of hydrogen-bond acceptors (Lipinski definition) is 1. The van der Waals surface area contributed by atoms with Crippen molar-refractivity contribution in [2.75, 3.05) is 4.90 Å². The summed E-state index contributed by atoms with van der Waals surface area (Å²) < 4.78 is 0. The fraction of sp³-hybridized carbons (Fsp3) is 0.0545. The van der Waals surface area contributed by atoms with Crippen LogP contribution in [0, 0.1) is 0 Å². The molecule has 1 aliphatic carbocycles. The van der Waals surface area contributed by atoms with Gasteiger partial charge in [0.05, 0.1) is 5.54 Å². The van der Waals surface area contributed by atoms with E-state index >= 15 is 0 Å². The van der Waals surface area contributed by atoms with E-state index in [9.17, 15) is 0 Å². The Kier molecular flexibility index (Phi) is 7.44. The number of hydrogen-bond donors (Lipinski definition) is 0. The lowest BCUT2D eigenvalue weighted by atomic mass is 9.84. The topological polar surface area (TPSA) is 3.24 Å². The Morgan fingerprint density at radius 2 is 0.857 bits per heavy atom. The van der Waals surface area contributed by atoms with Gasteiger partial charge in [-0.05, 0) is 137 Å². The van der Waals surface area contributed by atoms with E-state index in [4.69, 9.17) is 0 Å². The molecule has 264 valence electrons. The van der Waals surface area contributed by atoms with Crippen LogP contribution in [0.4, 0.5) is 11.4 Å². The van der Waals surface area contributed by atoms with Gasteiger partial charge in [-0.25, -0.2) is 0 Å². The number of benzene rings is 10. The molecule has 0 radical (unpaired) electrons. The molecule has 0 heterocycles. The molecular formula is C55H39N. The zero-order valence-corrected chi connectivity index (χ0v) is 31.3. The average Bonchev–Trinajstić information content (AvgIpc) is 3.26. The molecule has 56 heavy (non-hydrogen) atoms. The normalized spacial score (nSPS) is 15.6. The van der Waals surface area contributed by atoms with Gasteiger partial charge in [0.15, 0.2) is 0 Å². The monoisotopic (exact) mass is 713 g/mol. The van der Waals surface area contributed by atoms with E-state index in [1.165, 1.54) is 98.3 Å². The minimum absolute atomic E-state index is 0.328. The first kappa shape index (κ1) is 32.5. The Bertz CT molecular complexity index is 3240. The van der Waals surface area contributed by atoms with Crippen LogP contribution in [-0.2, 0) is 0 Å². The van der Waals surface area contributed by atoms with Gasteiger partial charge in [0.1, 0.15) is 0 Å². The van der Waals surface area contributed by atoms with Crippen molar-refractivity contribution in [1.29, 1.82) is 0 Å². The number of allylic oxidation sites excluding steroid dienone is 2. The van der Waals surface area contributed by atoms with Crippen LogP contribution in [0.25, 0.3) is 81.3 Å². The van der Waals surface area contributed by atoms with Crippen molar-refractivity contribution in [2.45, 2.75) is 18.9 Å². The van der Waals surface area contributed by atoms with Gasteiger partial charge in [-0.2, -0.15) is 0 Å². The third-order valence-electron chi connectivity index (χ3n) is 12.1. The summed E-state index contributed by atoms with van der Waals surface area (Å²) in [6.45, 7) is 2.38. The maximum atomic E-state index is 2.55. The summed E-state index contributed by atoms with van der Waals surface area (Å²) in [6, 6.07) is 69.3. The van der Waals surface area contributed by atoms with Crippen LogP contribution in [0.2, 0.25) is 0 Å². The first-order valence-electron chi connectivity index (χ1n) is 19.6. The number of nitrogens with zero attached hydrogens (tertiary/aromatic N) is 1. The van der Waals surface area contributed by atoms with Crippen molar-refractivity contribution in [3.8, 4) is 11.1 Å². The van der Waals surface area contributed by atoms with Crippen LogP contribution in [0.1, 0.15) is 18.9 Å². The van der Waals surface area contributed by atoms with Gasteiger partial charge in [-0.1, -0.05) is 170 Å². The fourth-order valence-corrected chi connectivity index (χ4v) is 9.33. The van der Waals surface area contributed by atoms with Crippen molar-refractivity contribution < 1.29 is 0 Å². The molecule has 10 aromatic carbocycles. The zero-order chi connectivity index (χ0) is 37.2. The summed E-state index contributed by atoms with van der Waals surface area (Å²) in [7, 11) is 0. The van der Waals surface area contributed by atoms with Crippen LogP contribution < -0.4 is 4.90 Å². The quantitative estimate of drug-likeness (QED) is 0.161. The van der Waals surface area contributed by atoms with E-state index in [1.54, 1.807) is 0 Å². The molecule has 0 aliphatic heterocycles. The van der Waals surface area contributed by atoms with Gasteiger partial charge in [0.25, 0.3) is 0 Å². The molecule has 0 bridgehead atoms. The van der Waals surface area contributed by atoms with E-state index < -0.39 is 0 Å². The lowest BCUT2D eigenvalue weighted by molar-refractivity contribution is 0.571. The average molecular weight is 714 g/mol. The molecule has 1 aliphatic rings. The second kappa shape index (κ2) is 12.8. The number of rotatable bonds is 5. The van der Waals surface area contributed by atoms with E-state index in [-0.39, 0.29) is 5.54 Å². The molecule has 0 saturated heterocycles. The van der Waals surface area contributed by atoms with Gasteiger partial charge in [-0.15, -0.1) is 0 Å². The van der Waals surface area contributed by atoms with Crippen LogP contribution in [0.5, 0.6) is 0 Å². The lowest BCUT2D eigenvalue weighted by Gasteiger charge is -2.42. The molecule has 11 rings (SSSR count). The van der Waals surface area contributed by atoms with E-state index in [0.29, 0.717) is 0 Å². The zero-order valence-electron chi connectivity index (χ0n) is 31.3. The Labute approximate surface area is 327 Å². The first-order chi connectivity index (χ1) is 27.6. The number of anilines is 2. The molecule has 10 aromatic rings. The molecule has 1 heteroatoms. The highest BCUT2D eigenvalue weighted by Crippen LogP contribution is 2.44. The minimum atomic E-state index is -0.328. The second-order valence-electron chi connectivity index (χ2n) is 15.5. The minimum Gasteiger partial charge on any atom is -0.332 e. The maximum Gasteiger partial charge on any atom is 0.0643 e. The molecular weight excluding hydrogens is 675 g/mol. The van der Waals surface area contributed by atoms with Crippen LogP contribution in [0.15, 0.2) is 206 Å². The summed E-state index contributed by atoms with van der Waals surface area (Å²) >= 11 is 0. The van der Waals surface area contributed by atoms with Gasteiger partial charge in [-0.3, -0.25) is 0 Å². The maximum absolute atomic E-state index is 2.55. The largest absolute Gasteiger partial charge is 0.332 e. The van der Waals surface area contributed by atoms with Crippen LogP contribution in [0.3, 0.4) is 0 Å². The van der Waals surface area contributed by atoms with Gasteiger partial charge in [0, 0.05) is 11.4 Å². The predicted octanol–water partition coefficient (Wildman–Crippen LogP) is 15.2. The van der Waals surface area contributed by atoms with Crippen LogP contribution in [-0.4, -0.2) is 5.54 Å². The summed E-state index contributed by atoms with van der Waals surface area (Å²) in [6.07, 6.45) is 8.10. The molecule has 1 nitrogen and oxygen atoms in total. The van der Waals surface area contributed by atoms with E-state index in [1.807, 2.05) is 0 Å². The standard InChI is InChI=1S/C55H39N/c1-55(32-30-40(31-33-55)53-35-42-14-4-7-17-47(42)49-19-9-11-21-51(49)53)56(44-29-26-38-23-22-37-12-2-5-15-45(37)54(38)36-44)43-27-24-39(25-28-43)52-34-41-13-3-6-16-46(41)48-18-8-10-20-50(48)52/h2-32,34-36H,33H2,1H3. The lowest BCUT2D eigenvalue weighted by Crippen LogP contribution is -2.42. The predicted molar refractivity (Wildman–Crippen MR) is 242 cm³/mol. The highest BCUT2D eigenvalue weighted by molar-refractivity contribution is 6.15. The third kappa shape index (κ3) is 5.23. The smallest absolute Gasteiger partial charge is 0.0643 e. The Morgan fingerprint density at radius 3 is 1.46 bits per heavy atom. The number of fused-ring (bicyclic) bond motifs is 9.